The highest BCUT2D eigenvalue weighted by molar-refractivity contribution is 5.79. The number of para-hydroxylation sites is 2. The zero-order valence-corrected chi connectivity index (χ0v) is 16.7. The van der Waals surface area contributed by atoms with E-state index < -0.39 is 5.76 Å². The Morgan fingerprint density at radius 2 is 2.03 bits per heavy atom. The van der Waals surface area contributed by atoms with Crippen LogP contribution in [0.15, 0.2) is 62.4 Å². The van der Waals surface area contributed by atoms with Crippen LogP contribution in [0.3, 0.4) is 0 Å². The van der Waals surface area contributed by atoms with Crippen molar-refractivity contribution in [3.05, 3.63) is 76.4 Å². The second kappa shape index (κ2) is 7.37. The summed E-state index contributed by atoms with van der Waals surface area (Å²) < 4.78 is 14.0. The lowest BCUT2D eigenvalue weighted by Crippen LogP contribution is -2.35. The average Bonchev–Trinajstić information content (AvgIpc) is 3.17. The van der Waals surface area contributed by atoms with Crippen molar-refractivity contribution in [2.75, 3.05) is 0 Å². The number of aromatic nitrogens is 3. The Bertz CT molecular complexity index is 1240. The molecule has 0 aliphatic heterocycles. The number of fused-ring (bicyclic) bond motifs is 1. The summed E-state index contributed by atoms with van der Waals surface area (Å²) in [6.07, 6.45) is 3.95. The molecule has 1 aromatic carbocycles. The largest absolute Gasteiger partial charge is 0.467 e. The van der Waals surface area contributed by atoms with E-state index in [2.05, 4.69) is 11.2 Å². The predicted molar refractivity (Wildman–Crippen MR) is 109 cm³/mol. The van der Waals surface area contributed by atoms with Gasteiger partial charge in [-0.25, -0.2) is 4.79 Å². The first-order chi connectivity index (χ1) is 14.6. The Balaban J connectivity index is 1.42. The van der Waals surface area contributed by atoms with E-state index in [0.29, 0.717) is 35.9 Å². The number of oxazole rings is 1. The molecular formula is C22H22N4O4. The number of benzene rings is 1. The second-order valence-electron chi connectivity index (χ2n) is 7.71. The maximum Gasteiger partial charge on any atom is 0.420 e. The SMILES string of the molecule is Cn1nc(CN(Cc2ccco2)C(=O)Cn2c(=O)oc3ccccc32)cc1C1CC1. The van der Waals surface area contributed by atoms with Crippen molar-refractivity contribution >= 4 is 17.0 Å². The Morgan fingerprint density at radius 3 is 2.80 bits per heavy atom. The summed E-state index contributed by atoms with van der Waals surface area (Å²) in [6.45, 7) is 0.523. The fourth-order valence-electron chi connectivity index (χ4n) is 3.80. The fraction of sp³-hybridized carbons (Fsp3) is 0.318. The zero-order chi connectivity index (χ0) is 20.7. The van der Waals surface area contributed by atoms with Gasteiger partial charge in [0.25, 0.3) is 0 Å². The molecule has 3 aromatic heterocycles. The molecule has 0 unspecified atom stereocenters. The molecule has 8 heteroatoms. The van der Waals surface area contributed by atoms with Crippen molar-refractivity contribution in [2.45, 2.75) is 38.4 Å². The lowest BCUT2D eigenvalue weighted by Gasteiger charge is -2.21. The van der Waals surface area contributed by atoms with Crippen LogP contribution in [-0.2, 0) is 31.5 Å². The Morgan fingerprint density at radius 1 is 1.20 bits per heavy atom. The average molecular weight is 406 g/mol. The van der Waals surface area contributed by atoms with E-state index >= 15 is 0 Å². The summed E-state index contributed by atoms with van der Waals surface area (Å²) in [7, 11) is 1.94. The van der Waals surface area contributed by atoms with Gasteiger partial charge in [0.1, 0.15) is 12.3 Å². The van der Waals surface area contributed by atoms with Crippen LogP contribution in [0.4, 0.5) is 0 Å². The lowest BCUT2D eigenvalue weighted by molar-refractivity contribution is -0.133. The zero-order valence-electron chi connectivity index (χ0n) is 16.7. The minimum absolute atomic E-state index is 0.112. The van der Waals surface area contributed by atoms with Crippen molar-refractivity contribution in [3.63, 3.8) is 0 Å². The highest BCUT2D eigenvalue weighted by Gasteiger charge is 2.28. The van der Waals surface area contributed by atoms with Gasteiger partial charge in [0.15, 0.2) is 5.58 Å². The number of aryl methyl sites for hydroxylation is 1. The van der Waals surface area contributed by atoms with Crippen LogP contribution in [0.1, 0.15) is 35.9 Å². The van der Waals surface area contributed by atoms with Gasteiger partial charge in [0, 0.05) is 18.7 Å². The number of amides is 1. The van der Waals surface area contributed by atoms with Crippen LogP contribution in [0, 0.1) is 0 Å². The summed E-state index contributed by atoms with van der Waals surface area (Å²) in [5.74, 6) is 0.488. The molecule has 0 spiro atoms. The van der Waals surface area contributed by atoms with E-state index in [1.54, 1.807) is 35.4 Å². The van der Waals surface area contributed by atoms with Crippen molar-refractivity contribution in [1.29, 1.82) is 0 Å². The van der Waals surface area contributed by atoms with Crippen molar-refractivity contribution < 1.29 is 13.6 Å². The predicted octanol–water partition coefficient (Wildman–Crippen LogP) is 3.03. The highest BCUT2D eigenvalue weighted by atomic mass is 16.4. The molecule has 4 aromatic rings. The molecule has 0 bridgehead atoms. The Hall–Kier alpha value is -3.55. The first-order valence-electron chi connectivity index (χ1n) is 10.00. The molecule has 0 N–H and O–H groups in total. The summed E-state index contributed by atoms with van der Waals surface area (Å²) in [6, 6.07) is 12.8. The molecule has 0 radical (unpaired) electrons. The number of nitrogens with zero attached hydrogens (tertiary/aromatic N) is 4. The van der Waals surface area contributed by atoms with Gasteiger partial charge in [-0.1, -0.05) is 12.1 Å². The van der Waals surface area contributed by atoms with Gasteiger partial charge >= 0.3 is 5.76 Å². The molecule has 30 heavy (non-hydrogen) atoms. The summed E-state index contributed by atoms with van der Waals surface area (Å²) in [4.78, 5) is 27.2. The number of carbonyl (C=O) groups excluding carboxylic acids is 1. The van der Waals surface area contributed by atoms with Crippen molar-refractivity contribution in [2.24, 2.45) is 7.05 Å². The third-order valence-electron chi connectivity index (χ3n) is 5.46. The van der Waals surface area contributed by atoms with Crippen LogP contribution in [0.2, 0.25) is 0 Å². The normalized spacial score (nSPS) is 13.8. The summed E-state index contributed by atoms with van der Waals surface area (Å²) in [5.41, 5.74) is 3.09. The van der Waals surface area contributed by atoms with Gasteiger partial charge in [0.05, 0.1) is 30.6 Å². The molecule has 1 aliphatic carbocycles. The quantitative estimate of drug-likeness (QED) is 0.471. The molecule has 1 aliphatic rings. The topological polar surface area (TPSA) is 86.4 Å². The van der Waals surface area contributed by atoms with Crippen LogP contribution in [0.25, 0.3) is 11.1 Å². The summed E-state index contributed by atoms with van der Waals surface area (Å²) in [5, 5.41) is 4.59. The van der Waals surface area contributed by atoms with Crippen LogP contribution in [-0.4, -0.2) is 25.2 Å². The first kappa shape index (κ1) is 18.5. The third kappa shape index (κ3) is 3.56. The van der Waals surface area contributed by atoms with E-state index in [-0.39, 0.29) is 12.5 Å². The van der Waals surface area contributed by atoms with Crippen LogP contribution >= 0.6 is 0 Å². The smallest absolute Gasteiger partial charge is 0.420 e. The number of hydrogen-bond donors (Lipinski definition) is 0. The van der Waals surface area contributed by atoms with Gasteiger partial charge < -0.3 is 13.7 Å². The minimum atomic E-state index is -0.545. The van der Waals surface area contributed by atoms with Gasteiger partial charge in [-0.05, 0) is 43.2 Å². The minimum Gasteiger partial charge on any atom is -0.467 e. The standard InChI is InChI=1S/C22H22N4O4/c1-24-19(15-8-9-15)11-16(23-24)12-25(13-17-5-4-10-29-17)21(27)14-26-18-6-2-3-7-20(18)30-22(26)28/h2-7,10-11,15H,8-9,12-14H2,1H3. The van der Waals surface area contributed by atoms with Gasteiger partial charge in [-0.2, -0.15) is 5.10 Å². The van der Waals surface area contributed by atoms with E-state index in [1.165, 1.54) is 23.1 Å². The molecule has 154 valence electrons. The molecule has 1 fully saturated rings. The monoisotopic (exact) mass is 406 g/mol. The maximum absolute atomic E-state index is 13.2. The second-order valence-corrected chi connectivity index (χ2v) is 7.71. The van der Waals surface area contributed by atoms with Crippen molar-refractivity contribution in [3.8, 4) is 0 Å². The Kier molecular flexibility index (Phi) is 4.54. The summed E-state index contributed by atoms with van der Waals surface area (Å²) >= 11 is 0. The number of furan rings is 1. The number of hydrogen-bond acceptors (Lipinski definition) is 5. The van der Waals surface area contributed by atoms with E-state index in [0.717, 1.165) is 5.69 Å². The van der Waals surface area contributed by atoms with Crippen LogP contribution < -0.4 is 5.76 Å². The first-order valence-corrected chi connectivity index (χ1v) is 10.00. The molecule has 1 amide bonds. The molecule has 3 heterocycles. The maximum atomic E-state index is 13.2. The van der Waals surface area contributed by atoms with Gasteiger partial charge in [-0.3, -0.25) is 14.0 Å². The molecule has 0 saturated heterocycles. The lowest BCUT2D eigenvalue weighted by atomic mass is 10.2. The molecular weight excluding hydrogens is 384 g/mol. The van der Waals surface area contributed by atoms with Crippen molar-refractivity contribution in [1.82, 2.24) is 19.2 Å². The van der Waals surface area contributed by atoms with Crippen LogP contribution in [0.5, 0.6) is 0 Å². The molecule has 5 rings (SSSR count). The molecule has 1 saturated carbocycles. The molecule has 8 nitrogen and oxygen atoms in total. The van der Waals surface area contributed by atoms with E-state index in [1.807, 2.05) is 23.9 Å². The number of carbonyl (C=O) groups is 1. The number of rotatable bonds is 7. The highest BCUT2D eigenvalue weighted by Crippen LogP contribution is 2.40. The van der Waals surface area contributed by atoms with E-state index in [9.17, 15) is 9.59 Å². The fourth-order valence-corrected chi connectivity index (χ4v) is 3.80. The van der Waals surface area contributed by atoms with E-state index in [4.69, 9.17) is 8.83 Å². The third-order valence-corrected chi connectivity index (χ3v) is 5.46. The van der Waals surface area contributed by atoms with Gasteiger partial charge in [0.2, 0.25) is 5.91 Å². The van der Waals surface area contributed by atoms with Gasteiger partial charge in [-0.15, -0.1) is 0 Å². The Labute approximate surface area is 172 Å². The molecule has 0 atom stereocenters.